The Morgan fingerprint density at radius 3 is 3.00 bits per heavy atom. The first kappa shape index (κ1) is 10.0. The maximum atomic E-state index is 4.18. The van der Waals surface area contributed by atoms with Gasteiger partial charge in [-0.1, -0.05) is 0 Å². The van der Waals surface area contributed by atoms with Gasteiger partial charge >= 0.3 is 0 Å². The summed E-state index contributed by atoms with van der Waals surface area (Å²) < 4.78 is 2.06. The van der Waals surface area contributed by atoms with Gasteiger partial charge in [-0.25, -0.2) is 0 Å². The summed E-state index contributed by atoms with van der Waals surface area (Å²) in [5.41, 5.74) is 2.09. The van der Waals surface area contributed by atoms with Gasteiger partial charge in [-0.3, -0.25) is 5.10 Å². The van der Waals surface area contributed by atoms with Gasteiger partial charge in [0.05, 0.1) is 11.7 Å². The smallest absolute Gasteiger partial charge is 0.164 e. The molecule has 0 radical (unpaired) electrons. The molecule has 86 valence electrons. The number of H-pyrrole nitrogens is 1. The monoisotopic (exact) mass is 227 g/mol. The van der Waals surface area contributed by atoms with Crippen molar-refractivity contribution in [1.29, 1.82) is 0 Å². The lowest BCUT2D eigenvalue weighted by Gasteiger charge is -2.09. The average molecular weight is 227 g/mol. The minimum atomic E-state index is 0.347. The minimum absolute atomic E-state index is 0.347. The summed E-state index contributed by atoms with van der Waals surface area (Å²) in [6.07, 6.45) is 3.58. The highest BCUT2D eigenvalue weighted by molar-refractivity contribution is 5.82. The van der Waals surface area contributed by atoms with Crippen molar-refractivity contribution in [3.63, 3.8) is 0 Å². The van der Waals surface area contributed by atoms with Crippen LogP contribution in [-0.2, 0) is 0 Å². The molecule has 17 heavy (non-hydrogen) atoms. The second-order valence-electron chi connectivity index (χ2n) is 4.33. The Bertz CT molecular complexity index is 650. The van der Waals surface area contributed by atoms with Crippen molar-refractivity contribution >= 4 is 10.9 Å². The number of benzene rings is 1. The second-order valence-corrected chi connectivity index (χ2v) is 4.33. The van der Waals surface area contributed by atoms with Gasteiger partial charge in [-0.15, -0.1) is 10.2 Å². The van der Waals surface area contributed by atoms with Crippen LogP contribution >= 0.6 is 0 Å². The standard InChI is InChI=1S/C12H13N5/c1-8(2)17-7-14-16-12(17)9-3-4-11-10(5-9)6-13-15-11/h3-8H,1-2H3,(H,13,15). The Balaban J connectivity index is 2.16. The molecule has 3 rings (SSSR count). The van der Waals surface area contributed by atoms with E-state index in [1.165, 1.54) is 0 Å². The van der Waals surface area contributed by atoms with E-state index in [1.54, 1.807) is 6.33 Å². The van der Waals surface area contributed by atoms with Crippen LogP contribution in [0.25, 0.3) is 22.3 Å². The van der Waals surface area contributed by atoms with Gasteiger partial charge in [0, 0.05) is 17.0 Å². The lowest BCUT2D eigenvalue weighted by molar-refractivity contribution is 0.604. The molecule has 0 amide bonds. The quantitative estimate of drug-likeness (QED) is 0.731. The molecule has 0 aliphatic rings. The Morgan fingerprint density at radius 1 is 1.29 bits per heavy atom. The number of aromatic nitrogens is 5. The van der Waals surface area contributed by atoms with Crippen molar-refractivity contribution in [2.45, 2.75) is 19.9 Å². The molecule has 0 aliphatic heterocycles. The van der Waals surface area contributed by atoms with E-state index in [2.05, 4.69) is 44.9 Å². The summed E-state index contributed by atoms with van der Waals surface area (Å²) in [5, 5.41) is 16.2. The molecular weight excluding hydrogens is 214 g/mol. The van der Waals surface area contributed by atoms with Crippen molar-refractivity contribution in [1.82, 2.24) is 25.0 Å². The van der Waals surface area contributed by atoms with E-state index < -0.39 is 0 Å². The molecule has 0 aliphatic carbocycles. The lowest BCUT2D eigenvalue weighted by atomic mass is 10.1. The number of nitrogens with zero attached hydrogens (tertiary/aromatic N) is 4. The molecule has 0 bridgehead atoms. The summed E-state index contributed by atoms with van der Waals surface area (Å²) in [4.78, 5) is 0. The maximum absolute atomic E-state index is 4.18. The summed E-state index contributed by atoms with van der Waals surface area (Å²) in [6, 6.07) is 6.46. The van der Waals surface area contributed by atoms with Gasteiger partial charge in [0.15, 0.2) is 5.82 Å². The molecule has 0 fully saturated rings. The maximum Gasteiger partial charge on any atom is 0.164 e. The zero-order chi connectivity index (χ0) is 11.8. The molecule has 1 aromatic carbocycles. The summed E-state index contributed by atoms with van der Waals surface area (Å²) in [5.74, 6) is 0.892. The van der Waals surface area contributed by atoms with E-state index >= 15 is 0 Å². The summed E-state index contributed by atoms with van der Waals surface area (Å²) in [7, 11) is 0. The average Bonchev–Trinajstić information content (AvgIpc) is 2.96. The Labute approximate surface area is 98.5 Å². The van der Waals surface area contributed by atoms with Crippen molar-refractivity contribution in [2.24, 2.45) is 0 Å². The largest absolute Gasteiger partial charge is 0.311 e. The predicted molar refractivity (Wildman–Crippen MR) is 65.5 cm³/mol. The van der Waals surface area contributed by atoms with E-state index in [9.17, 15) is 0 Å². The van der Waals surface area contributed by atoms with Crippen LogP contribution in [0.3, 0.4) is 0 Å². The van der Waals surface area contributed by atoms with E-state index in [-0.39, 0.29) is 0 Å². The van der Waals surface area contributed by atoms with Crippen LogP contribution in [-0.4, -0.2) is 25.0 Å². The highest BCUT2D eigenvalue weighted by Crippen LogP contribution is 2.23. The normalized spacial score (nSPS) is 11.5. The fraction of sp³-hybridized carbons (Fsp3) is 0.250. The van der Waals surface area contributed by atoms with Crippen LogP contribution in [0.4, 0.5) is 0 Å². The molecule has 0 spiro atoms. The van der Waals surface area contributed by atoms with Crippen LogP contribution in [0.2, 0.25) is 0 Å². The van der Waals surface area contributed by atoms with Crippen LogP contribution in [0.1, 0.15) is 19.9 Å². The number of hydrogen-bond donors (Lipinski definition) is 1. The highest BCUT2D eigenvalue weighted by atomic mass is 15.3. The SMILES string of the molecule is CC(C)n1cnnc1-c1ccc2[nH]ncc2c1. The van der Waals surface area contributed by atoms with Gasteiger partial charge < -0.3 is 4.57 Å². The van der Waals surface area contributed by atoms with E-state index in [4.69, 9.17) is 0 Å². The topological polar surface area (TPSA) is 59.4 Å². The summed E-state index contributed by atoms with van der Waals surface area (Å²) in [6.45, 7) is 4.23. The molecule has 0 saturated heterocycles. The van der Waals surface area contributed by atoms with Crippen LogP contribution in [0, 0.1) is 0 Å². The van der Waals surface area contributed by atoms with Crippen molar-refractivity contribution in [3.05, 3.63) is 30.7 Å². The summed E-state index contributed by atoms with van der Waals surface area (Å²) >= 11 is 0. The van der Waals surface area contributed by atoms with E-state index in [1.807, 2.05) is 18.3 Å². The predicted octanol–water partition coefficient (Wildman–Crippen LogP) is 2.40. The van der Waals surface area contributed by atoms with E-state index in [0.29, 0.717) is 6.04 Å². The molecule has 1 N–H and O–H groups in total. The zero-order valence-corrected chi connectivity index (χ0v) is 9.75. The lowest BCUT2D eigenvalue weighted by Crippen LogP contribution is -2.01. The second kappa shape index (κ2) is 3.69. The van der Waals surface area contributed by atoms with Gasteiger partial charge in [0.25, 0.3) is 0 Å². The third-order valence-electron chi connectivity index (χ3n) is 2.83. The Hall–Kier alpha value is -2.17. The molecule has 3 aromatic rings. The molecule has 5 heteroatoms. The molecule has 2 heterocycles. The number of hydrogen-bond acceptors (Lipinski definition) is 3. The van der Waals surface area contributed by atoms with Crippen LogP contribution < -0.4 is 0 Å². The first-order valence-corrected chi connectivity index (χ1v) is 5.59. The molecule has 0 unspecified atom stereocenters. The van der Waals surface area contributed by atoms with E-state index in [0.717, 1.165) is 22.3 Å². The molecule has 2 aromatic heterocycles. The minimum Gasteiger partial charge on any atom is -0.311 e. The Kier molecular flexibility index (Phi) is 2.18. The third-order valence-corrected chi connectivity index (χ3v) is 2.83. The fourth-order valence-corrected chi connectivity index (χ4v) is 1.91. The van der Waals surface area contributed by atoms with Crippen LogP contribution in [0.5, 0.6) is 0 Å². The van der Waals surface area contributed by atoms with Gasteiger partial charge in [-0.2, -0.15) is 5.10 Å². The van der Waals surface area contributed by atoms with Crippen molar-refractivity contribution < 1.29 is 0 Å². The van der Waals surface area contributed by atoms with Crippen molar-refractivity contribution in [3.8, 4) is 11.4 Å². The van der Waals surface area contributed by atoms with Gasteiger partial charge in [-0.05, 0) is 32.0 Å². The number of aromatic amines is 1. The number of rotatable bonds is 2. The number of nitrogens with one attached hydrogen (secondary N) is 1. The molecule has 0 atom stereocenters. The van der Waals surface area contributed by atoms with Crippen LogP contribution in [0.15, 0.2) is 30.7 Å². The third kappa shape index (κ3) is 1.60. The Morgan fingerprint density at radius 2 is 2.18 bits per heavy atom. The first-order valence-electron chi connectivity index (χ1n) is 5.59. The molecule has 0 saturated carbocycles. The fourth-order valence-electron chi connectivity index (χ4n) is 1.91. The van der Waals surface area contributed by atoms with Crippen molar-refractivity contribution in [2.75, 3.05) is 0 Å². The van der Waals surface area contributed by atoms with Gasteiger partial charge in [0.2, 0.25) is 0 Å². The molecular formula is C12H13N5. The highest BCUT2D eigenvalue weighted by Gasteiger charge is 2.10. The van der Waals surface area contributed by atoms with Gasteiger partial charge in [0.1, 0.15) is 6.33 Å². The molecule has 5 nitrogen and oxygen atoms in total. The first-order chi connectivity index (χ1) is 8.25. The zero-order valence-electron chi connectivity index (χ0n) is 9.75. The number of fused-ring (bicyclic) bond motifs is 1.